The van der Waals surface area contributed by atoms with Crippen molar-refractivity contribution in [2.24, 2.45) is 17.8 Å². The van der Waals surface area contributed by atoms with Crippen LogP contribution in [0, 0.1) is 17.8 Å². The fraction of sp³-hybridized carbons (Fsp3) is 1.00. The summed E-state index contributed by atoms with van der Waals surface area (Å²) in [6, 6.07) is 1.74. The lowest BCUT2D eigenvalue weighted by atomic mass is 9.84. The van der Waals surface area contributed by atoms with Gasteiger partial charge in [0.2, 0.25) is 0 Å². The predicted octanol–water partition coefficient (Wildman–Crippen LogP) is 3.67. The third-order valence-electron chi connectivity index (χ3n) is 6.12. The maximum Gasteiger partial charge on any atom is 0.0124 e. The van der Waals surface area contributed by atoms with Crippen molar-refractivity contribution in [1.82, 2.24) is 10.2 Å². The second-order valence-corrected chi connectivity index (χ2v) is 7.72. The van der Waals surface area contributed by atoms with E-state index in [1.807, 2.05) is 0 Å². The van der Waals surface area contributed by atoms with Gasteiger partial charge in [-0.25, -0.2) is 0 Å². The van der Waals surface area contributed by atoms with Crippen LogP contribution in [0.3, 0.4) is 0 Å². The van der Waals surface area contributed by atoms with E-state index in [4.69, 9.17) is 0 Å². The van der Waals surface area contributed by atoms with Gasteiger partial charge in [-0.1, -0.05) is 13.3 Å². The van der Waals surface area contributed by atoms with Crippen LogP contribution in [0.15, 0.2) is 0 Å². The summed E-state index contributed by atoms with van der Waals surface area (Å²) in [6.07, 6.45) is 13.2. The van der Waals surface area contributed by atoms with Gasteiger partial charge in [0, 0.05) is 25.2 Å². The molecule has 3 rings (SSSR count). The van der Waals surface area contributed by atoms with Crippen LogP contribution >= 0.6 is 0 Å². The number of rotatable bonds is 8. The van der Waals surface area contributed by atoms with Crippen molar-refractivity contribution in [2.75, 3.05) is 20.1 Å². The standard InChI is InChI=1S/C18H34N2/c1-3-14-4-10-17(11-5-14)20(2)13-12-19-18(15-6-7-15)16-8-9-16/h14-19H,3-13H2,1-2H3. The molecule has 0 amide bonds. The molecule has 0 aromatic rings. The Morgan fingerprint density at radius 1 is 0.950 bits per heavy atom. The zero-order valence-corrected chi connectivity index (χ0v) is 13.6. The first-order valence-electron chi connectivity index (χ1n) is 9.21. The third-order valence-corrected chi connectivity index (χ3v) is 6.12. The zero-order valence-electron chi connectivity index (χ0n) is 13.6. The van der Waals surface area contributed by atoms with Crippen LogP contribution in [0.5, 0.6) is 0 Å². The van der Waals surface area contributed by atoms with Crippen molar-refractivity contribution in [3.05, 3.63) is 0 Å². The van der Waals surface area contributed by atoms with Crippen LogP contribution in [0.25, 0.3) is 0 Å². The summed E-state index contributed by atoms with van der Waals surface area (Å²) >= 11 is 0. The predicted molar refractivity (Wildman–Crippen MR) is 85.9 cm³/mol. The molecule has 3 aliphatic rings. The lowest BCUT2D eigenvalue weighted by molar-refractivity contribution is 0.162. The Balaban J connectivity index is 1.33. The van der Waals surface area contributed by atoms with Gasteiger partial charge in [-0.3, -0.25) is 0 Å². The largest absolute Gasteiger partial charge is 0.312 e. The molecule has 0 saturated heterocycles. The number of hydrogen-bond donors (Lipinski definition) is 1. The van der Waals surface area contributed by atoms with Gasteiger partial charge in [0.1, 0.15) is 0 Å². The molecule has 0 unspecified atom stereocenters. The Bertz CT molecular complexity index is 276. The number of nitrogens with zero attached hydrogens (tertiary/aromatic N) is 1. The van der Waals surface area contributed by atoms with Crippen LogP contribution in [0.2, 0.25) is 0 Å². The first-order valence-corrected chi connectivity index (χ1v) is 9.21. The minimum absolute atomic E-state index is 0.861. The lowest BCUT2D eigenvalue weighted by Crippen LogP contribution is -2.42. The van der Waals surface area contributed by atoms with Crippen molar-refractivity contribution in [3.63, 3.8) is 0 Å². The molecular weight excluding hydrogens is 244 g/mol. The Hall–Kier alpha value is -0.0800. The van der Waals surface area contributed by atoms with Crippen molar-refractivity contribution >= 4 is 0 Å². The van der Waals surface area contributed by atoms with Gasteiger partial charge in [0.05, 0.1) is 0 Å². The first-order chi connectivity index (χ1) is 9.78. The van der Waals surface area contributed by atoms with Gasteiger partial charge in [-0.15, -0.1) is 0 Å². The number of hydrogen-bond acceptors (Lipinski definition) is 2. The van der Waals surface area contributed by atoms with E-state index in [-0.39, 0.29) is 0 Å². The van der Waals surface area contributed by atoms with E-state index >= 15 is 0 Å². The Labute approximate surface area is 125 Å². The highest BCUT2D eigenvalue weighted by Crippen LogP contribution is 2.44. The monoisotopic (exact) mass is 278 g/mol. The molecule has 0 bridgehead atoms. The smallest absolute Gasteiger partial charge is 0.0124 e. The number of nitrogens with one attached hydrogen (secondary N) is 1. The second-order valence-electron chi connectivity index (χ2n) is 7.72. The maximum atomic E-state index is 3.89. The highest BCUT2D eigenvalue weighted by atomic mass is 15.1. The Kier molecular flexibility index (Phi) is 5.04. The van der Waals surface area contributed by atoms with E-state index in [1.165, 1.54) is 70.9 Å². The molecule has 20 heavy (non-hydrogen) atoms. The molecule has 0 spiro atoms. The zero-order chi connectivity index (χ0) is 13.9. The van der Waals surface area contributed by atoms with E-state index in [0.29, 0.717) is 0 Å². The average molecular weight is 278 g/mol. The van der Waals surface area contributed by atoms with Crippen LogP contribution < -0.4 is 5.32 Å². The van der Waals surface area contributed by atoms with Gasteiger partial charge in [-0.05, 0) is 76.2 Å². The summed E-state index contributed by atoms with van der Waals surface area (Å²) < 4.78 is 0. The van der Waals surface area contributed by atoms with Gasteiger partial charge >= 0.3 is 0 Å². The van der Waals surface area contributed by atoms with Gasteiger partial charge in [0.25, 0.3) is 0 Å². The van der Waals surface area contributed by atoms with Gasteiger partial charge < -0.3 is 10.2 Å². The normalized spacial score (nSPS) is 31.2. The van der Waals surface area contributed by atoms with Crippen molar-refractivity contribution in [1.29, 1.82) is 0 Å². The van der Waals surface area contributed by atoms with E-state index in [1.54, 1.807) is 0 Å². The molecule has 0 aliphatic heterocycles. The summed E-state index contributed by atoms with van der Waals surface area (Å²) in [5, 5.41) is 3.89. The summed E-state index contributed by atoms with van der Waals surface area (Å²) in [5.41, 5.74) is 0. The van der Waals surface area contributed by atoms with Crippen molar-refractivity contribution in [3.8, 4) is 0 Å². The van der Waals surface area contributed by atoms with Crippen molar-refractivity contribution in [2.45, 2.75) is 76.8 Å². The molecule has 3 saturated carbocycles. The first kappa shape index (κ1) is 14.8. The fourth-order valence-corrected chi connectivity index (χ4v) is 4.21. The molecule has 0 aromatic carbocycles. The third kappa shape index (κ3) is 3.98. The molecule has 2 nitrogen and oxygen atoms in total. The summed E-state index contributed by atoms with van der Waals surface area (Å²) in [5.74, 6) is 3.09. The van der Waals surface area contributed by atoms with Gasteiger partial charge in [-0.2, -0.15) is 0 Å². The maximum absolute atomic E-state index is 3.89. The SMILES string of the molecule is CCC1CCC(N(C)CCNC(C2CC2)C2CC2)CC1. The van der Waals surface area contributed by atoms with Crippen LogP contribution in [0.1, 0.15) is 64.7 Å². The molecule has 0 atom stereocenters. The Morgan fingerprint density at radius 2 is 1.55 bits per heavy atom. The summed E-state index contributed by atoms with van der Waals surface area (Å²) in [7, 11) is 2.35. The van der Waals surface area contributed by atoms with Crippen LogP contribution in [-0.2, 0) is 0 Å². The molecule has 3 aliphatic carbocycles. The van der Waals surface area contributed by atoms with E-state index < -0.39 is 0 Å². The Morgan fingerprint density at radius 3 is 2.05 bits per heavy atom. The number of likely N-dealkylation sites (N-methyl/N-ethyl adjacent to an activating group) is 1. The van der Waals surface area contributed by atoms with Gasteiger partial charge in [0.15, 0.2) is 0 Å². The fourth-order valence-electron chi connectivity index (χ4n) is 4.21. The average Bonchev–Trinajstić information content (AvgIpc) is 3.37. The topological polar surface area (TPSA) is 15.3 Å². The highest BCUT2D eigenvalue weighted by molar-refractivity contribution is 4.96. The summed E-state index contributed by atoms with van der Waals surface area (Å²) in [4.78, 5) is 2.63. The highest BCUT2D eigenvalue weighted by Gasteiger charge is 2.40. The van der Waals surface area contributed by atoms with Crippen molar-refractivity contribution < 1.29 is 0 Å². The molecule has 1 N–H and O–H groups in total. The van der Waals surface area contributed by atoms with E-state index in [9.17, 15) is 0 Å². The minimum atomic E-state index is 0.861. The van der Waals surface area contributed by atoms with E-state index in [2.05, 4.69) is 24.2 Å². The minimum Gasteiger partial charge on any atom is -0.312 e. The molecule has 116 valence electrons. The van der Waals surface area contributed by atoms with E-state index in [0.717, 1.165) is 29.8 Å². The summed E-state index contributed by atoms with van der Waals surface area (Å²) in [6.45, 7) is 4.81. The van der Waals surface area contributed by atoms with Crippen LogP contribution in [0.4, 0.5) is 0 Å². The second kappa shape index (κ2) is 6.79. The molecule has 0 aromatic heterocycles. The molecule has 0 radical (unpaired) electrons. The lowest BCUT2D eigenvalue weighted by Gasteiger charge is -2.34. The van der Waals surface area contributed by atoms with Crippen LogP contribution in [-0.4, -0.2) is 37.1 Å². The molecule has 0 heterocycles. The molecule has 2 heteroatoms. The quantitative estimate of drug-likeness (QED) is 0.729. The molecular formula is C18H34N2. The molecule has 3 fully saturated rings.